The molecule has 2 rings (SSSR count). The topological polar surface area (TPSA) is 54.7 Å². The van der Waals surface area contributed by atoms with Crippen molar-refractivity contribution in [2.24, 2.45) is 5.16 Å². The summed E-state index contributed by atoms with van der Waals surface area (Å²) in [6.45, 7) is 2.56. The van der Waals surface area contributed by atoms with Crippen LogP contribution in [-0.2, 0) is 6.42 Å². The molecule has 0 saturated heterocycles. The molecule has 0 aliphatic heterocycles. The summed E-state index contributed by atoms with van der Waals surface area (Å²) in [7, 11) is 0. The van der Waals surface area contributed by atoms with Crippen molar-refractivity contribution in [1.82, 2.24) is 4.98 Å². The van der Waals surface area contributed by atoms with Crippen LogP contribution in [0.4, 0.5) is 0 Å². The van der Waals surface area contributed by atoms with Crippen LogP contribution < -0.4 is 4.74 Å². The number of ether oxygens (including phenoxy) is 1. The smallest absolute Gasteiger partial charge is 0.119 e. The highest BCUT2D eigenvalue weighted by Gasteiger charge is 2.02. The lowest BCUT2D eigenvalue weighted by Crippen LogP contribution is -2.02. The van der Waals surface area contributed by atoms with Gasteiger partial charge in [-0.3, -0.25) is 4.98 Å². The minimum atomic E-state index is 0.611. The minimum absolute atomic E-state index is 0.611. The van der Waals surface area contributed by atoms with Crippen LogP contribution >= 0.6 is 0 Å². The van der Waals surface area contributed by atoms with Crippen LogP contribution in [0.5, 0.6) is 5.75 Å². The molecule has 0 unspecified atom stereocenters. The number of nitrogens with zero attached hydrogens (tertiary/aromatic N) is 2. The molecule has 1 aromatic carbocycles. The average molecular weight is 270 g/mol. The predicted octanol–water partition coefficient (Wildman–Crippen LogP) is 3.29. The molecule has 4 nitrogen and oxygen atoms in total. The number of benzene rings is 1. The molecule has 20 heavy (non-hydrogen) atoms. The Labute approximate surface area is 118 Å². The molecule has 4 heteroatoms. The summed E-state index contributed by atoms with van der Waals surface area (Å²) in [6.07, 6.45) is 5.13. The molecule has 2 aromatic rings. The van der Waals surface area contributed by atoms with Gasteiger partial charge >= 0.3 is 0 Å². The third-order valence-electron chi connectivity index (χ3n) is 3.03. The molecule has 0 radical (unpaired) electrons. The number of oxime groups is 1. The van der Waals surface area contributed by atoms with Gasteiger partial charge in [0.2, 0.25) is 0 Å². The van der Waals surface area contributed by atoms with E-state index in [0.29, 0.717) is 18.7 Å². The van der Waals surface area contributed by atoms with Gasteiger partial charge in [-0.2, -0.15) is 0 Å². The summed E-state index contributed by atoms with van der Waals surface area (Å²) in [4.78, 5) is 4.07. The molecule has 0 atom stereocenters. The van der Waals surface area contributed by atoms with Crippen LogP contribution in [0.3, 0.4) is 0 Å². The summed E-state index contributed by atoms with van der Waals surface area (Å²) in [5, 5.41) is 12.1. The molecule has 1 heterocycles. The number of rotatable bonds is 6. The Morgan fingerprint density at radius 1 is 1.25 bits per heavy atom. The van der Waals surface area contributed by atoms with Crippen molar-refractivity contribution in [1.29, 1.82) is 0 Å². The van der Waals surface area contributed by atoms with Crippen molar-refractivity contribution in [2.75, 3.05) is 6.61 Å². The molecule has 0 spiro atoms. The van der Waals surface area contributed by atoms with E-state index in [1.54, 1.807) is 6.20 Å². The second kappa shape index (κ2) is 7.28. The average Bonchev–Trinajstić information content (AvgIpc) is 2.51. The Morgan fingerprint density at radius 2 is 2.05 bits per heavy atom. The molecular formula is C16H18N2O2. The van der Waals surface area contributed by atoms with E-state index in [0.717, 1.165) is 23.3 Å². The number of aromatic nitrogens is 1. The van der Waals surface area contributed by atoms with E-state index in [1.165, 1.54) is 0 Å². The summed E-state index contributed by atoms with van der Waals surface area (Å²) in [5.74, 6) is 0.811. The van der Waals surface area contributed by atoms with Crippen molar-refractivity contribution in [3.8, 4) is 5.75 Å². The standard InChI is InChI=1S/C16H18N2O2/c1-2-16(18-19)14-5-7-15(8-6-14)20-11-9-13-4-3-10-17-12-13/h3-8,10,12,19H,2,9,11H2,1H3. The molecule has 0 amide bonds. The van der Waals surface area contributed by atoms with Gasteiger partial charge in [0, 0.05) is 18.8 Å². The molecule has 0 fully saturated rings. The van der Waals surface area contributed by atoms with Crippen molar-refractivity contribution < 1.29 is 9.94 Å². The largest absolute Gasteiger partial charge is 0.493 e. The van der Waals surface area contributed by atoms with E-state index >= 15 is 0 Å². The van der Waals surface area contributed by atoms with E-state index in [9.17, 15) is 0 Å². The number of hydrogen-bond donors (Lipinski definition) is 1. The Morgan fingerprint density at radius 3 is 2.65 bits per heavy atom. The molecule has 1 aromatic heterocycles. The second-order valence-electron chi connectivity index (χ2n) is 4.38. The van der Waals surface area contributed by atoms with Crippen molar-refractivity contribution in [3.05, 3.63) is 59.9 Å². The summed E-state index contributed by atoms with van der Waals surface area (Å²) in [5.41, 5.74) is 2.74. The van der Waals surface area contributed by atoms with Crippen LogP contribution in [0, 0.1) is 0 Å². The van der Waals surface area contributed by atoms with Gasteiger partial charge in [-0.15, -0.1) is 0 Å². The maximum Gasteiger partial charge on any atom is 0.119 e. The zero-order chi connectivity index (χ0) is 14.2. The normalized spacial score (nSPS) is 11.3. The third-order valence-corrected chi connectivity index (χ3v) is 3.03. The molecule has 0 saturated carbocycles. The Balaban J connectivity index is 1.88. The van der Waals surface area contributed by atoms with E-state index in [2.05, 4.69) is 10.1 Å². The van der Waals surface area contributed by atoms with Crippen LogP contribution in [0.2, 0.25) is 0 Å². The van der Waals surface area contributed by atoms with Crippen LogP contribution in [0.15, 0.2) is 53.9 Å². The first-order valence-electron chi connectivity index (χ1n) is 6.66. The van der Waals surface area contributed by atoms with E-state index in [4.69, 9.17) is 9.94 Å². The SMILES string of the molecule is CCC(=NO)c1ccc(OCCc2cccnc2)cc1. The van der Waals surface area contributed by atoms with Crippen molar-refractivity contribution >= 4 is 5.71 Å². The highest BCUT2D eigenvalue weighted by atomic mass is 16.5. The Bertz CT molecular complexity index is 550. The quantitative estimate of drug-likeness (QED) is 0.498. The molecule has 1 N–H and O–H groups in total. The van der Waals surface area contributed by atoms with Gasteiger partial charge < -0.3 is 9.94 Å². The molecule has 104 valence electrons. The Kier molecular flexibility index (Phi) is 5.12. The zero-order valence-electron chi connectivity index (χ0n) is 11.5. The highest BCUT2D eigenvalue weighted by molar-refractivity contribution is 6.00. The van der Waals surface area contributed by atoms with Crippen LogP contribution in [-0.4, -0.2) is 22.5 Å². The van der Waals surface area contributed by atoms with Crippen molar-refractivity contribution in [2.45, 2.75) is 19.8 Å². The fourth-order valence-electron chi connectivity index (χ4n) is 1.91. The van der Waals surface area contributed by atoms with Gasteiger partial charge in [0.05, 0.1) is 12.3 Å². The zero-order valence-corrected chi connectivity index (χ0v) is 11.5. The van der Waals surface area contributed by atoms with E-state index in [-0.39, 0.29) is 0 Å². The Hall–Kier alpha value is -2.36. The van der Waals surface area contributed by atoms with Gasteiger partial charge in [0.25, 0.3) is 0 Å². The summed E-state index contributed by atoms with van der Waals surface area (Å²) < 4.78 is 5.68. The third kappa shape index (κ3) is 3.82. The molecule has 0 aliphatic carbocycles. The first kappa shape index (κ1) is 14.1. The highest BCUT2D eigenvalue weighted by Crippen LogP contribution is 2.14. The van der Waals surface area contributed by atoms with E-state index in [1.807, 2.05) is 49.5 Å². The molecule has 0 aliphatic rings. The van der Waals surface area contributed by atoms with E-state index < -0.39 is 0 Å². The fourth-order valence-corrected chi connectivity index (χ4v) is 1.91. The second-order valence-corrected chi connectivity index (χ2v) is 4.38. The number of pyridine rings is 1. The lowest BCUT2D eigenvalue weighted by Gasteiger charge is -2.07. The minimum Gasteiger partial charge on any atom is -0.493 e. The fraction of sp³-hybridized carbons (Fsp3) is 0.250. The maximum absolute atomic E-state index is 8.87. The van der Waals surface area contributed by atoms with Crippen LogP contribution in [0.1, 0.15) is 24.5 Å². The van der Waals surface area contributed by atoms with Gasteiger partial charge in [0.15, 0.2) is 0 Å². The van der Waals surface area contributed by atoms with Crippen LogP contribution in [0.25, 0.3) is 0 Å². The van der Waals surface area contributed by atoms with Gasteiger partial charge in [-0.05, 0) is 47.9 Å². The first-order chi connectivity index (χ1) is 9.83. The number of hydrogen-bond acceptors (Lipinski definition) is 4. The molecular weight excluding hydrogens is 252 g/mol. The maximum atomic E-state index is 8.87. The lowest BCUT2D eigenvalue weighted by molar-refractivity contribution is 0.318. The predicted molar refractivity (Wildman–Crippen MR) is 78.5 cm³/mol. The van der Waals surface area contributed by atoms with Gasteiger partial charge in [-0.1, -0.05) is 18.1 Å². The first-order valence-corrected chi connectivity index (χ1v) is 6.66. The summed E-state index contributed by atoms with van der Waals surface area (Å²) in [6, 6.07) is 11.5. The summed E-state index contributed by atoms with van der Waals surface area (Å²) >= 11 is 0. The van der Waals surface area contributed by atoms with Gasteiger partial charge in [0.1, 0.15) is 5.75 Å². The monoisotopic (exact) mass is 270 g/mol. The molecule has 0 bridgehead atoms. The van der Waals surface area contributed by atoms with Gasteiger partial charge in [-0.25, -0.2) is 0 Å². The lowest BCUT2D eigenvalue weighted by atomic mass is 10.1. The van der Waals surface area contributed by atoms with Crippen molar-refractivity contribution in [3.63, 3.8) is 0 Å².